The SMILES string of the molecule is CCc1ccc2c(c1)N(CC(C)(C)N)CC(CC)O2. The van der Waals surface area contributed by atoms with Gasteiger partial charge in [0, 0.05) is 12.1 Å². The summed E-state index contributed by atoms with van der Waals surface area (Å²) in [6, 6.07) is 6.50. The molecule has 1 aromatic rings. The van der Waals surface area contributed by atoms with Gasteiger partial charge in [0.2, 0.25) is 0 Å². The summed E-state index contributed by atoms with van der Waals surface area (Å²) >= 11 is 0. The number of fused-ring (bicyclic) bond motifs is 1. The lowest BCUT2D eigenvalue weighted by atomic mass is 10.0. The highest BCUT2D eigenvalue weighted by Crippen LogP contribution is 2.35. The van der Waals surface area contributed by atoms with Crippen molar-refractivity contribution in [1.82, 2.24) is 0 Å². The van der Waals surface area contributed by atoms with Crippen molar-refractivity contribution in [3.8, 4) is 5.75 Å². The monoisotopic (exact) mass is 262 g/mol. The van der Waals surface area contributed by atoms with Gasteiger partial charge in [0.25, 0.3) is 0 Å². The minimum atomic E-state index is -0.199. The van der Waals surface area contributed by atoms with E-state index >= 15 is 0 Å². The van der Waals surface area contributed by atoms with E-state index in [0.29, 0.717) is 0 Å². The van der Waals surface area contributed by atoms with Crippen LogP contribution in [0.3, 0.4) is 0 Å². The summed E-state index contributed by atoms with van der Waals surface area (Å²) in [4.78, 5) is 2.38. The van der Waals surface area contributed by atoms with Crippen LogP contribution in [-0.2, 0) is 6.42 Å². The van der Waals surface area contributed by atoms with Crippen LogP contribution in [-0.4, -0.2) is 24.7 Å². The molecule has 19 heavy (non-hydrogen) atoms. The standard InChI is InChI=1S/C16H26N2O/c1-5-12-7-8-15-14(9-12)18(11-16(3,4)17)10-13(6-2)19-15/h7-9,13H,5-6,10-11,17H2,1-4H3. The van der Waals surface area contributed by atoms with Crippen LogP contribution in [0, 0.1) is 0 Å². The first-order valence-corrected chi connectivity index (χ1v) is 7.26. The van der Waals surface area contributed by atoms with Gasteiger partial charge in [0.1, 0.15) is 11.9 Å². The van der Waals surface area contributed by atoms with Gasteiger partial charge in [-0.25, -0.2) is 0 Å². The molecule has 3 nitrogen and oxygen atoms in total. The molecule has 2 N–H and O–H groups in total. The van der Waals surface area contributed by atoms with E-state index in [1.165, 1.54) is 11.3 Å². The summed E-state index contributed by atoms with van der Waals surface area (Å²) in [6.45, 7) is 10.3. The van der Waals surface area contributed by atoms with E-state index in [2.05, 4.69) is 50.8 Å². The van der Waals surface area contributed by atoms with Crippen molar-refractivity contribution in [3.63, 3.8) is 0 Å². The first kappa shape index (κ1) is 14.2. The Morgan fingerprint density at radius 3 is 2.68 bits per heavy atom. The first-order valence-electron chi connectivity index (χ1n) is 7.26. The fourth-order valence-corrected chi connectivity index (χ4v) is 2.54. The molecule has 2 rings (SSSR count). The van der Waals surface area contributed by atoms with E-state index < -0.39 is 0 Å². The Bertz CT molecular complexity index is 437. The second-order valence-corrected chi connectivity index (χ2v) is 6.17. The molecule has 0 saturated carbocycles. The van der Waals surface area contributed by atoms with Crippen LogP contribution in [0.15, 0.2) is 18.2 Å². The predicted octanol–water partition coefficient (Wildman–Crippen LogP) is 2.96. The second kappa shape index (κ2) is 5.41. The van der Waals surface area contributed by atoms with Crippen molar-refractivity contribution < 1.29 is 4.74 Å². The highest BCUT2D eigenvalue weighted by atomic mass is 16.5. The van der Waals surface area contributed by atoms with Gasteiger partial charge >= 0.3 is 0 Å². The van der Waals surface area contributed by atoms with E-state index in [4.69, 9.17) is 10.5 Å². The predicted molar refractivity (Wildman–Crippen MR) is 81.0 cm³/mol. The fourth-order valence-electron chi connectivity index (χ4n) is 2.54. The Morgan fingerprint density at radius 2 is 2.11 bits per heavy atom. The van der Waals surface area contributed by atoms with Gasteiger partial charge in [-0.1, -0.05) is 19.9 Å². The largest absolute Gasteiger partial charge is 0.486 e. The molecule has 0 aliphatic carbocycles. The van der Waals surface area contributed by atoms with E-state index in [0.717, 1.165) is 31.7 Å². The van der Waals surface area contributed by atoms with E-state index in [-0.39, 0.29) is 11.6 Å². The Balaban J connectivity index is 2.33. The molecule has 1 aliphatic heterocycles. The van der Waals surface area contributed by atoms with Gasteiger partial charge in [0.05, 0.1) is 12.2 Å². The molecule has 0 aromatic heterocycles. The summed E-state index contributed by atoms with van der Waals surface area (Å²) in [5, 5.41) is 0. The lowest BCUT2D eigenvalue weighted by molar-refractivity contribution is 0.187. The summed E-state index contributed by atoms with van der Waals surface area (Å²) in [7, 11) is 0. The first-order chi connectivity index (χ1) is 8.93. The minimum absolute atomic E-state index is 0.199. The van der Waals surface area contributed by atoms with Crippen LogP contribution in [0.1, 0.15) is 39.7 Å². The zero-order chi connectivity index (χ0) is 14.0. The molecule has 0 bridgehead atoms. The van der Waals surface area contributed by atoms with E-state index in [1.807, 2.05) is 0 Å². The summed E-state index contributed by atoms with van der Waals surface area (Å²) in [6.07, 6.45) is 2.34. The highest BCUT2D eigenvalue weighted by molar-refractivity contribution is 5.62. The van der Waals surface area contributed by atoms with Crippen LogP contribution in [0.4, 0.5) is 5.69 Å². The maximum absolute atomic E-state index is 6.20. The quantitative estimate of drug-likeness (QED) is 0.906. The third-order valence-corrected chi connectivity index (χ3v) is 3.54. The van der Waals surface area contributed by atoms with E-state index in [9.17, 15) is 0 Å². The van der Waals surface area contributed by atoms with Crippen molar-refractivity contribution in [3.05, 3.63) is 23.8 Å². The van der Waals surface area contributed by atoms with Gasteiger partial charge in [-0.3, -0.25) is 0 Å². The Morgan fingerprint density at radius 1 is 1.37 bits per heavy atom. The molecular weight excluding hydrogens is 236 g/mol. The molecule has 1 aliphatic rings. The molecule has 1 atom stereocenters. The number of nitrogens with zero attached hydrogens (tertiary/aromatic N) is 1. The zero-order valence-corrected chi connectivity index (χ0v) is 12.6. The number of anilines is 1. The maximum atomic E-state index is 6.20. The summed E-state index contributed by atoms with van der Waals surface area (Å²) in [5.41, 5.74) is 8.54. The topological polar surface area (TPSA) is 38.5 Å². The number of hydrogen-bond donors (Lipinski definition) is 1. The lowest BCUT2D eigenvalue weighted by Crippen LogP contribution is -2.50. The van der Waals surface area contributed by atoms with Crippen LogP contribution >= 0.6 is 0 Å². The van der Waals surface area contributed by atoms with Crippen LogP contribution in [0.25, 0.3) is 0 Å². The Kier molecular flexibility index (Phi) is 4.04. The molecule has 0 radical (unpaired) electrons. The average molecular weight is 262 g/mol. The van der Waals surface area contributed by atoms with Gasteiger partial charge in [-0.15, -0.1) is 0 Å². The van der Waals surface area contributed by atoms with Crippen LogP contribution in [0.5, 0.6) is 5.75 Å². The smallest absolute Gasteiger partial charge is 0.143 e. The third kappa shape index (κ3) is 3.41. The highest BCUT2D eigenvalue weighted by Gasteiger charge is 2.27. The van der Waals surface area contributed by atoms with Crippen molar-refractivity contribution in [2.24, 2.45) is 5.73 Å². The normalized spacial score (nSPS) is 19.0. The molecule has 106 valence electrons. The average Bonchev–Trinajstić information content (AvgIpc) is 2.36. The minimum Gasteiger partial charge on any atom is -0.486 e. The van der Waals surface area contributed by atoms with Gasteiger partial charge in [-0.05, 0) is 44.4 Å². The number of rotatable bonds is 4. The van der Waals surface area contributed by atoms with Crippen molar-refractivity contribution in [2.45, 2.75) is 52.2 Å². The van der Waals surface area contributed by atoms with Gasteiger partial charge < -0.3 is 15.4 Å². The number of aryl methyl sites for hydroxylation is 1. The number of ether oxygens (including phenoxy) is 1. The van der Waals surface area contributed by atoms with Crippen molar-refractivity contribution in [2.75, 3.05) is 18.0 Å². The number of benzene rings is 1. The Labute approximate surface area is 116 Å². The molecule has 0 amide bonds. The van der Waals surface area contributed by atoms with Gasteiger partial charge in [0.15, 0.2) is 0 Å². The molecule has 0 fully saturated rings. The summed E-state index contributed by atoms with van der Waals surface area (Å²) in [5.74, 6) is 1.000. The summed E-state index contributed by atoms with van der Waals surface area (Å²) < 4.78 is 6.04. The Hall–Kier alpha value is -1.22. The zero-order valence-electron chi connectivity index (χ0n) is 12.6. The molecule has 1 aromatic carbocycles. The van der Waals surface area contributed by atoms with E-state index in [1.54, 1.807) is 0 Å². The molecule has 0 saturated heterocycles. The third-order valence-electron chi connectivity index (χ3n) is 3.54. The molecule has 3 heteroatoms. The van der Waals surface area contributed by atoms with Crippen molar-refractivity contribution >= 4 is 5.69 Å². The molecular formula is C16H26N2O. The molecule has 1 heterocycles. The molecule has 0 spiro atoms. The number of hydrogen-bond acceptors (Lipinski definition) is 3. The van der Waals surface area contributed by atoms with Gasteiger partial charge in [-0.2, -0.15) is 0 Å². The van der Waals surface area contributed by atoms with Crippen molar-refractivity contribution in [1.29, 1.82) is 0 Å². The van der Waals surface area contributed by atoms with Crippen LogP contribution in [0.2, 0.25) is 0 Å². The van der Waals surface area contributed by atoms with Crippen LogP contribution < -0.4 is 15.4 Å². The fraction of sp³-hybridized carbons (Fsp3) is 0.625. The lowest BCUT2D eigenvalue weighted by Gasteiger charge is -2.39. The maximum Gasteiger partial charge on any atom is 0.143 e. The molecule has 1 unspecified atom stereocenters. The second-order valence-electron chi connectivity index (χ2n) is 6.17. The number of nitrogens with two attached hydrogens (primary N) is 1.